The van der Waals surface area contributed by atoms with Crippen molar-refractivity contribution in [3.8, 4) is 11.5 Å². The summed E-state index contributed by atoms with van der Waals surface area (Å²) >= 11 is 0. The fraction of sp³-hybridized carbons (Fsp3) is 0.263. The van der Waals surface area contributed by atoms with Crippen molar-refractivity contribution in [3.63, 3.8) is 0 Å². The summed E-state index contributed by atoms with van der Waals surface area (Å²) in [6.45, 7) is 3.91. The molecule has 0 heterocycles. The summed E-state index contributed by atoms with van der Waals surface area (Å²) in [5.41, 5.74) is 0.941. The highest BCUT2D eigenvalue weighted by Crippen LogP contribution is 2.28. The molecule has 2 aromatic carbocycles. The Hall–Kier alpha value is -3.02. The topological polar surface area (TPSA) is 95.9 Å². The van der Waals surface area contributed by atoms with Crippen LogP contribution in [0.4, 0.5) is 5.69 Å². The summed E-state index contributed by atoms with van der Waals surface area (Å²) in [6.07, 6.45) is 0.946. The Bertz CT molecular complexity index is 772. The van der Waals surface area contributed by atoms with E-state index in [9.17, 15) is 14.7 Å². The molecular formula is C19H21NO5. The minimum absolute atomic E-state index is 0.106. The van der Waals surface area contributed by atoms with Gasteiger partial charge in [0.1, 0.15) is 11.5 Å². The van der Waals surface area contributed by atoms with E-state index in [2.05, 4.69) is 19.2 Å². The molecule has 6 heteroatoms. The number of hydrogen-bond donors (Lipinski definition) is 3. The van der Waals surface area contributed by atoms with Crippen molar-refractivity contribution in [2.24, 2.45) is 0 Å². The normalized spacial score (nSPS) is 11.6. The van der Waals surface area contributed by atoms with Crippen LogP contribution in [0.3, 0.4) is 0 Å². The molecule has 0 unspecified atom stereocenters. The van der Waals surface area contributed by atoms with Gasteiger partial charge in [-0.05, 0) is 42.2 Å². The number of aromatic carboxylic acids is 1. The number of aromatic hydroxyl groups is 1. The highest BCUT2D eigenvalue weighted by Gasteiger charge is 2.15. The van der Waals surface area contributed by atoms with Crippen molar-refractivity contribution in [2.75, 3.05) is 11.9 Å². The van der Waals surface area contributed by atoms with Crippen LogP contribution in [-0.4, -0.2) is 28.7 Å². The minimum Gasteiger partial charge on any atom is -0.508 e. The van der Waals surface area contributed by atoms with Gasteiger partial charge in [0.15, 0.2) is 6.61 Å². The number of carboxylic acid groups (broad SMARTS) is 1. The van der Waals surface area contributed by atoms with Gasteiger partial charge in [0, 0.05) is 0 Å². The van der Waals surface area contributed by atoms with Crippen LogP contribution in [0.5, 0.6) is 11.5 Å². The van der Waals surface area contributed by atoms with E-state index >= 15 is 0 Å². The number of hydrogen-bond acceptors (Lipinski definition) is 4. The lowest BCUT2D eigenvalue weighted by Gasteiger charge is -2.15. The number of para-hydroxylation sites is 1. The Morgan fingerprint density at radius 1 is 1.20 bits per heavy atom. The Kier molecular flexibility index (Phi) is 6.00. The highest BCUT2D eigenvalue weighted by molar-refractivity contribution is 6.01. The van der Waals surface area contributed by atoms with Crippen LogP contribution in [0.1, 0.15) is 42.1 Å². The van der Waals surface area contributed by atoms with Crippen LogP contribution in [-0.2, 0) is 4.79 Å². The van der Waals surface area contributed by atoms with Gasteiger partial charge in [-0.1, -0.05) is 32.0 Å². The van der Waals surface area contributed by atoms with E-state index in [1.54, 1.807) is 6.07 Å². The molecule has 132 valence electrons. The molecular weight excluding hydrogens is 322 g/mol. The molecule has 0 aliphatic carbocycles. The van der Waals surface area contributed by atoms with Crippen molar-refractivity contribution in [2.45, 2.75) is 26.2 Å². The zero-order chi connectivity index (χ0) is 18.4. The maximum atomic E-state index is 12.1. The molecule has 1 atom stereocenters. The number of nitrogens with one attached hydrogen (secondary N) is 1. The van der Waals surface area contributed by atoms with Crippen molar-refractivity contribution in [1.29, 1.82) is 0 Å². The molecule has 2 rings (SSSR count). The number of carboxylic acids is 1. The highest BCUT2D eigenvalue weighted by atomic mass is 16.5. The monoisotopic (exact) mass is 343 g/mol. The second-order valence-corrected chi connectivity index (χ2v) is 5.72. The summed E-state index contributed by atoms with van der Waals surface area (Å²) in [6, 6.07) is 11.2. The van der Waals surface area contributed by atoms with E-state index < -0.39 is 11.9 Å². The van der Waals surface area contributed by atoms with Gasteiger partial charge in [0.25, 0.3) is 5.91 Å². The van der Waals surface area contributed by atoms with E-state index in [1.807, 2.05) is 18.2 Å². The number of anilines is 1. The Morgan fingerprint density at radius 2 is 1.92 bits per heavy atom. The molecule has 6 nitrogen and oxygen atoms in total. The van der Waals surface area contributed by atoms with Gasteiger partial charge in [0.05, 0.1) is 11.3 Å². The molecule has 0 aliphatic rings. The van der Waals surface area contributed by atoms with Crippen molar-refractivity contribution < 1.29 is 24.5 Å². The first-order valence-corrected chi connectivity index (χ1v) is 8.00. The first-order valence-electron chi connectivity index (χ1n) is 8.00. The second kappa shape index (κ2) is 8.19. The summed E-state index contributed by atoms with van der Waals surface area (Å²) in [5.74, 6) is -0.971. The first-order chi connectivity index (χ1) is 11.9. The fourth-order valence-corrected chi connectivity index (χ4v) is 2.39. The van der Waals surface area contributed by atoms with Gasteiger partial charge in [-0.2, -0.15) is 0 Å². The molecule has 0 saturated carbocycles. The molecule has 0 saturated heterocycles. The Morgan fingerprint density at radius 3 is 2.60 bits per heavy atom. The minimum atomic E-state index is -1.24. The molecule has 0 aromatic heterocycles. The number of benzene rings is 2. The molecule has 0 fully saturated rings. The van der Waals surface area contributed by atoms with Crippen LogP contribution < -0.4 is 10.1 Å². The Labute approximate surface area is 146 Å². The molecule has 0 aliphatic heterocycles. The lowest BCUT2D eigenvalue weighted by molar-refractivity contribution is -0.118. The number of ether oxygens (including phenoxy) is 1. The van der Waals surface area contributed by atoms with Crippen LogP contribution >= 0.6 is 0 Å². The van der Waals surface area contributed by atoms with Gasteiger partial charge in [-0.25, -0.2) is 4.79 Å². The van der Waals surface area contributed by atoms with Crippen LogP contribution in [0, 0.1) is 0 Å². The van der Waals surface area contributed by atoms with Crippen molar-refractivity contribution in [1.82, 2.24) is 0 Å². The number of phenols is 1. The number of carbonyl (C=O) groups excluding carboxylic acids is 1. The maximum absolute atomic E-state index is 12.1. The average molecular weight is 343 g/mol. The van der Waals surface area contributed by atoms with Gasteiger partial charge in [-0.15, -0.1) is 0 Å². The Balaban J connectivity index is 2.07. The SMILES string of the molecule is CC[C@H](C)c1ccccc1OCC(=O)Nc1ccc(O)cc1C(=O)O. The summed E-state index contributed by atoms with van der Waals surface area (Å²) in [4.78, 5) is 23.3. The van der Waals surface area contributed by atoms with E-state index in [1.165, 1.54) is 12.1 Å². The van der Waals surface area contributed by atoms with E-state index in [0.29, 0.717) is 11.7 Å². The number of carbonyl (C=O) groups is 2. The number of rotatable bonds is 7. The third-order valence-corrected chi connectivity index (χ3v) is 3.93. The summed E-state index contributed by atoms with van der Waals surface area (Å²) < 4.78 is 5.61. The van der Waals surface area contributed by atoms with Gasteiger partial charge in [0.2, 0.25) is 0 Å². The van der Waals surface area contributed by atoms with Crippen LogP contribution in [0.2, 0.25) is 0 Å². The summed E-state index contributed by atoms with van der Waals surface area (Å²) in [7, 11) is 0. The molecule has 0 radical (unpaired) electrons. The van der Waals surface area contributed by atoms with Gasteiger partial charge >= 0.3 is 5.97 Å². The quantitative estimate of drug-likeness (QED) is 0.667. The predicted molar refractivity (Wildman–Crippen MR) is 94.3 cm³/mol. The van der Waals surface area contributed by atoms with Crippen LogP contribution in [0.15, 0.2) is 42.5 Å². The second-order valence-electron chi connectivity index (χ2n) is 5.72. The lowest BCUT2D eigenvalue weighted by Crippen LogP contribution is -2.22. The van der Waals surface area contributed by atoms with E-state index in [4.69, 9.17) is 9.84 Å². The smallest absolute Gasteiger partial charge is 0.337 e. The summed E-state index contributed by atoms with van der Waals surface area (Å²) in [5, 5.41) is 21.0. The van der Waals surface area contributed by atoms with E-state index in [0.717, 1.165) is 18.1 Å². The third kappa shape index (κ3) is 4.73. The molecule has 3 N–H and O–H groups in total. The van der Waals surface area contributed by atoms with Gasteiger partial charge < -0.3 is 20.3 Å². The molecule has 25 heavy (non-hydrogen) atoms. The zero-order valence-electron chi connectivity index (χ0n) is 14.2. The lowest BCUT2D eigenvalue weighted by atomic mass is 9.98. The number of phenolic OH excluding ortho intramolecular Hbond substituents is 1. The van der Waals surface area contributed by atoms with Crippen molar-refractivity contribution >= 4 is 17.6 Å². The molecule has 2 aromatic rings. The molecule has 0 bridgehead atoms. The zero-order valence-corrected chi connectivity index (χ0v) is 14.2. The largest absolute Gasteiger partial charge is 0.508 e. The van der Waals surface area contributed by atoms with E-state index in [-0.39, 0.29) is 23.6 Å². The fourth-order valence-electron chi connectivity index (χ4n) is 2.39. The third-order valence-electron chi connectivity index (χ3n) is 3.93. The molecule has 0 spiro atoms. The van der Waals surface area contributed by atoms with Crippen molar-refractivity contribution in [3.05, 3.63) is 53.6 Å². The predicted octanol–water partition coefficient (Wildman–Crippen LogP) is 3.62. The maximum Gasteiger partial charge on any atom is 0.337 e. The first kappa shape index (κ1) is 18.3. The molecule has 1 amide bonds. The van der Waals surface area contributed by atoms with Gasteiger partial charge in [-0.3, -0.25) is 4.79 Å². The average Bonchev–Trinajstić information content (AvgIpc) is 2.61. The number of amides is 1. The standard InChI is InChI=1S/C19H21NO5/c1-3-12(2)14-6-4-5-7-17(14)25-11-18(22)20-16-9-8-13(21)10-15(16)19(23)24/h4-10,12,21H,3,11H2,1-2H3,(H,20,22)(H,23,24)/t12-/m0/s1. The van der Waals surface area contributed by atoms with Crippen LogP contribution in [0.25, 0.3) is 0 Å².